The largest absolute Gasteiger partial charge is 0.462 e. The SMILES string of the molecule is [2H]C1([2H])OC(N)=N[C@@]12c1cc(-c3cncc(C#CC)c3)ccc1C[C@@]21CC[C@H](OC)[C@@H](C)C1. The molecule has 3 aliphatic rings. The number of nitrogens with two attached hydrogens (primary N) is 1. The molecule has 1 aromatic carbocycles. The van der Waals surface area contributed by atoms with Crippen molar-refractivity contribution < 1.29 is 12.2 Å². The van der Waals surface area contributed by atoms with Crippen LogP contribution in [0.5, 0.6) is 0 Å². The molecule has 0 amide bonds. The fourth-order valence-corrected chi connectivity index (χ4v) is 5.91. The Kier molecular flexibility index (Phi) is 4.24. The topological polar surface area (TPSA) is 69.7 Å². The summed E-state index contributed by atoms with van der Waals surface area (Å²) in [6, 6.07) is 8.16. The molecule has 31 heavy (non-hydrogen) atoms. The van der Waals surface area contributed by atoms with E-state index in [4.69, 9.17) is 22.9 Å². The van der Waals surface area contributed by atoms with E-state index in [-0.39, 0.29) is 18.0 Å². The molecule has 1 aromatic heterocycles. The summed E-state index contributed by atoms with van der Waals surface area (Å²) in [4.78, 5) is 9.13. The Morgan fingerprint density at radius 1 is 1.29 bits per heavy atom. The van der Waals surface area contributed by atoms with Crippen LogP contribution < -0.4 is 5.73 Å². The molecule has 0 radical (unpaired) electrons. The average molecular weight is 418 g/mol. The number of aliphatic imine (C=N–C) groups is 1. The zero-order valence-electron chi connectivity index (χ0n) is 20.2. The van der Waals surface area contributed by atoms with Crippen LogP contribution in [-0.4, -0.2) is 30.8 Å². The van der Waals surface area contributed by atoms with E-state index < -0.39 is 17.5 Å². The minimum absolute atomic E-state index is 0.0824. The minimum atomic E-state index is -2.05. The molecule has 0 saturated heterocycles. The molecule has 2 aliphatic carbocycles. The second-order valence-corrected chi connectivity index (χ2v) is 9.03. The average Bonchev–Trinajstić information content (AvgIpc) is 3.18. The summed E-state index contributed by atoms with van der Waals surface area (Å²) in [5, 5.41) is 0. The van der Waals surface area contributed by atoms with Gasteiger partial charge in [0.15, 0.2) is 0 Å². The summed E-state index contributed by atoms with van der Waals surface area (Å²) >= 11 is 0. The third kappa shape index (κ3) is 3.04. The van der Waals surface area contributed by atoms with Crippen LogP contribution in [0.1, 0.15) is 52.5 Å². The first-order chi connectivity index (χ1) is 15.7. The highest BCUT2D eigenvalue weighted by atomic mass is 16.5. The lowest BCUT2D eigenvalue weighted by Gasteiger charge is -2.47. The van der Waals surface area contributed by atoms with Gasteiger partial charge in [-0.05, 0) is 67.3 Å². The molecule has 1 fully saturated rings. The van der Waals surface area contributed by atoms with Crippen molar-refractivity contribution in [1.82, 2.24) is 4.98 Å². The quantitative estimate of drug-likeness (QED) is 0.749. The summed E-state index contributed by atoms with van der Waals surface area (Å²) in [7, 11) is 1.75. The minimum Gasteiger partial charge on any atom is -0.462 e. The van der Waals surface area contributed by atoms with Crippen molar-refractivity contribution >= 4 is 6.02 Å². The Labute approximate surface area is 186 Å². The standard InChI is InChI=1S/C26H29N3O2/c1-4-5-18-10-21(15-28-14-18)19-6-7-20-13-25(9-8-23(30-3)17(2)12-25)26(22(20)11-19)16-31-24(27)29-26/h6-7,10-11,14-15,17,23H,8-9,12-13,16H2,1-3H3,(H2,27,29)/t17-,23-,25-,26+/m0/s1/i16D2. The number of nitrogens with zero attached hydrogens (tertiary/aromatic N) is 2. The Hall–Kier alpha value is -2.84. The third-order valence-corrected chi connectivity index (χ3v) is 7.28. The molecule has 2 aromatic rings. The van der Waals surface area contributed by atoms with E-state index in [2.05, 4.69) is 41.9 Å². The predicted octanol–water partition coefficient (Wildman–Crippen LogP) is 4.04. The summed E-state index contributed by atoms with van der Waals surface area (Å²) in [5.41, 5.74) is 9.10. The van der Waals surface area contributed by atoms with Gasteiger partial charge in [0, 0.05) is 36.0 Å². The van der Waals surface area contributed by atoms with E-state index in [0.29, 0.717) is 0 Å². The second kappa shape index (κ2) is 7.39. The maximum atomic E-state index is 8.97. The van der Waals surface area contributed by atoms with Crippen LogP contribution in [0.3, 0.4) is 0 Å². The molecule has 0 bridgehead atoms. The van der Waals surface area contributed by atoms with Gasteiger partial charge in [0.2, 0.25) is 0 Å². The highest BCUT2D eigenvalue weighted by Gasteiger charge is 2.62. The number of amidine groups is 1. The first-order valence-corrected chi connectivity index (χ1v) is 10.8. The number of pyridine rings is 1. The summed E-state index contributed by atoms with van der Waals surface area (Å²) in [6.07, 6.45) is 6.89. The second-order valence-electron chi connectivity index (χ2n) is 9.03. The van der Waals surface area contributed by atoms with Crippen molar-refractivity contribution in [3.8, 4) is 23.0 Å². The summed E-state index contributed by atoms with van der Waals surface area (Å²) < 4.78 is 29.2. The lowest BCUT2D eigenvalue weighted by Crippen LogP contribution is -2.48. The Bertz CT molecular complexity index is 1200. The van der Waals surface area contributed by atoms with Crippen molar-refractivity contribution in [2.75, 3.05) is 13.7 Å². The van der Waals surface area contributed by atoms with Gasteiger partial charge in [0.1, 0.15) is 12.1 Å². The number of methoxy groups -OCH3 is 1. The summed E-state index contributed by atoms with van der Waals surface area (Å²) in [6.45, 7) is 1.94. The van der Waals surface area contributed by atoms with E-state index in [1.807, 2.05) is 12.3 Å². The maximum Gasteiger partial charge on any atom is 0.283 e. The Morgan fingerprint density at radius 2 is 2.16 bits per heavy atom. The van der Waals surface area contributed by atoms with E-state index in [9.17, 15) is 0 Å². The molecular weight excluding hydrogens is 386 g/mol. The fourth-order valence-electron chi connectivity index (χ4n) is 5.91. The van der Waals surface area contributed by atoms with Crippen LogP contribution >= 0.6 is 0 Å². The Morgan fingerprint density at radius 3 is 2.87 bits per heavy atom. The van der Waals surface area contributed by atoms with Gasteiger partial charge >= 0.3 is 0 Å². The van der Waals surface area contributed by atoms with Gasteiger partial charge in [-0.15, -0.1) is 5.92 Å². The lowest BCUT2D eigenvalue weighted by atomic mass is 9.59. The zero-order chi connectivity index (χ0) is 23.4. The molecule has 5 rings (SSSR count). The molecule has 160 valence electrons. The monoisotopic (exact) mass is 417 g/mol. The fraction of sp³-hybridized carbons (Fsp3) is 0.462. The number of hydrogen-bond donors (Lipinski definition) is 1. The van der Waals surface area contributed by atoms with Crippen LogP contribution in [0.2, 0.25) is 0 Å². The molecular formula is C26H29N3O2. The smallest absolute Gasteiger partial charge is 0.283 e. The lowest BCUT2D eigenvalue weighted by molar-refractivity contribution is -0.0445. The molecule has 1 aliphatic heterocycles. The van der Waals surface area contributed by atoms with Crippen LogP contribution in [0.4, 0.5) is 0 Å². The van der Waals surface area contributed by atoms with Gasteiger partial charge in [-0.3, -0.25) is 4.98 Å². The van der Waals surface area contributed by atoms with Crippen molar-refractivity contribution in [3.63, 3.8) is 0 Å². The number of ether oxygens (including phenoxy) is 2. The summed E-state index contributed by atoms with van der Waals surface area (Å²) in [5.74, 6) is 6.24. The van der Waals surface area contributed by atoms with Gasteiger partial charge in [-0.1, -0.05) is 25.0 Å². The number of benzene rings is 1. The van der Waals surface area contributed by atoms with E-state index in [0.717, 1.165) is 53.5 Å². The van der Waals surface area contributed by atoms with E-state index >= 15 is 0 Å². The van der Waals surface area contributed by atoms with Crippen LogP contribution in [0.25, 0.3) is 11.1 Å². The van der Waals surface area contributed by atoms with Crippen LogP contribution in [0.15, 0.2) is 41.7 Å². The molecule has 5 heteroatoms. The van der Waals surface area contributed by atoms with Crippen LogP contribution in [0, 0.1) is 23.2 Å². The third-order valence-electron chi connectivity index (χ3n) is 7.28. The van der Waals surface area contributed by atoms with Gasteiger partial charge in [0.25, 0.3) is 6.02 Å². The van der Waals surface area contributed by atoms with E-state index in [1.54, 1.807) is 20.2 Å². The zero-order valence-corrected chi connectivity index (χ0v) is 18.2. The molecule has 2 N–H and O–H groups in total. The number of rotatable bonds is 2. The van der Waals surface area contributed by atoms with Crippen molar-refractivity contribution in [2.24, 2.45) is 22.1 Å². The van der Waals surface area contributed by atoms with Gasteiger partial charge < -0.3 is 15.2 Å². The molecule has 4 atom stereocenters. The molecule has 1 saturated carbocycles. The van der Waals surface area contributed by atoms with Crippen molar-refractivity contribution in [2.45, 2.75) is 51.2 Å². The normalized spacial score (nSPS) is 33.7. The van der Waals surface area contributed by atoms with E-state index in [1.165, 1.54) is 0 Å². The number of fused-ring (bicyclic) bond motifs is 3. The first kappa shape index (κ1) is 17.8. The molecule has 5 nitrogen and oxygen atoms in total. The van der Waals surface area contributed by atoms with Crippen LogP contribution in [-0.2, 0) is 21.4 Å². The molecule has 2 spiro atoms. The highest BCUT2D eigenvalue weighted by Crippen LogP contribution is 2.62. The van der Waals surface area contributed by atoms with Gasteiger partial charge in [0.05, 0.1) is 8.85 Å². The first-order valence-electron chi connectivity index (χ1n) is 11.8. The maximum absolute atomic E-state index is 8.97. The number of aromatic nitrogens is 1. The van der Waals surface area contributed by atoms with Crippen molar-refractivity contribution in [1.29, 1.82) is 0 Å². The van der Waals surface area contributed by atoms with Gasteiger partial charge in [-0.2, -0.15) is 0 Å². The van der Waals surface area contributed by atoms with Crippen molar-refractivity contribution in [3.05, 3.63) is 53.3 Å². The molecule has 0 unspecified atom stereocenters. The number of hydrogen-bond acceptors (Lipinski definition) is 5. The Balaban J connectivity index is 1.68. The highest BCUT2D eigenvalue weighted by molar-refractivity contribution is 5.76. The molecule has 2 heterocycles. The predicted molar refractivity (Wildman–Crippen MR) is 121 cm³/mol. The van der Waals surface area contributed by atoms with Gasteiger partial charge in [-0.25, -0.2) is 4.99 Å².